The summed E-state index contributed by atoms with van der Waals surface area (Å²) in [6.45, 7) is 11.4. The molecular formula is C13H30N2. The van der Waals surface area contributed by atoms with Crippen LogP contribution >= 0.6 is 0 Å². The van der Waals surface area contributed by atoms with Gasteiger partial charge in [-0.3, -0.25) is 0 Å². The standard InChI is InChI=1S/C13H30N2/c1-7-8-12(4)9-14-10-13(11(2)3)15(5)6/h11-14H,7-10H2,1-6H3. The van der Waals surface area contributed by atoms with Gasteiger partial charge < -0.3 is 10.2 Å². The molecule has 0 aliphatic carbocycles. The van der Waals surface area contributed by atoms with E-state index in [1.807, 2.05) is 0 Å². The van der Waals surface area contributed by atoms with Crippen LogP contribution in [0.2, 0.25) is 0 Å². The molecule has 0 aromatic carbocycles. The maximum atomic E-state index is 3.59. The number of likely N-dealkylation sites (N-methyl/N-ethyl adjacent to an activating group) is 1. The van der Waals surface area contributed by atoms with Crippen molar-refractivity contribution in [3.8, 4) is 0 Å². The van der Waals surface area contributed by atoms with Crippen LogP contribution in [0.5, 0.6) is 0 Å². The van der Waals surface area contributed by atoms with Crippen molar-refractivity contribution in [2.75, 3.05) is 27.2 Å². The van der Waals surface area contributed by atoms with Crippen LogP contribution in [0.3, 0.4) is 0 Å². The van der Waals surface area contributed by atoms with E-state index in [4.69, 9.17) is 0 Å². The summed E-state index contributed by atoms with van der Waals surface area (Å²) in [6, 6.07) is 0.652. The first-order valence-corrected chi connectivity index (χ1v) is 6.36. The fourth-order valence-electron chi connectivity index (χ4n) is 2.09. The molecule has 0 radical (unpaired) electrons. The van der Waals surface area contributed by atoms with E-state index >= 15 is 0 Å². The average Bonchev–Trinajstić information content (AvgIpc) is 2.11. The predicted molar refractivity (Wildman–Crippen MR) is 69.3 cm³/mol. The van der Waals surface area contributed by atoms with Crippen molar-refractivity contribution in [1.29, 1.82) is 0 Å². The molecule has 0 aromatic heterocycles. The topological polar surface area (TPSA) is 15.3 Å². The van der Waals surface area contributed by atoms with Gasteiger partial charge in [0.25, 0.3) is 0 Å². The van der Waals surface area contributed by atoms with Crippen molar-refractivity contribution in [1.82, 2.24) is 10.2 Å². The zero-order chi connectivity index (χ0) is 11.8. The van der Waals surface area contributed by atoms with E-state index in [-0.39, 0.29) is 0 Å². The summed E-state index contributed by atoms with van der Waals surface area (Å²) in [5.41, 5.74) is 0. The molecule has 92 valence electrons. The third-order valence-corrected chi connectivity index (χ3v) is 3.06. The van der Waals surface area contributed by atoms with Gasteiger partial charge in [-0.25, -0.2) is 0 Å². The third kappa shape index (κ3) is 6.91. The Bertz CT molecular complexity index is 135. The molecule has 0 bridgehead atoms. The molecule has 1 N–H and O–H groups in total. The van der Waals surface area contributed by atoms with Gasteiger partial charge >= 0.3 is 0 Å². The number of hydrogen-bond acceptors (Lipinski definition) is 2. The van der Waals surface area contributed by atoms with Crippen LogP contribution in [0.4, 0.5) is 0 Å². The van der Waals surface area contributed by atoms with Crippen LogP contribution < -0.4 is 5.32 Å². The molecule has 0 heterocycles. The predicted octanol–water partition coefficient (Wildman–Crippen LogP) is 2.60. The second-order valence-corrected chi connectivity index (χ2v) is 5.33. The monoisotopic (exact) mass is 214 g/mol. The highest BCUT2D eigenvalue weighted by Gasteiger charge is 2.15. The van der Waals surface area contributed by atoms with Gasteiger partial charge in [0.05, 0.1) is 0 Å². The van der Waals surface area contributed by atoms with Crippen LogP contribution in [0.15, 0.2) is 0 Å². The molecule has 0 fully saturated rings. The van der Waals surface area contributed by atoms with E-state index in [1.165, 1.54) is 12.8 Å². The van der Waals surface area contributed by atoms with E-state index in [2.05, 4.69) is 52.0 Å². The molecule has 0 rings (SSSR count). The third-order valence-electron chi connectivity index (χ3n) is 3.06. The second kappa shape index (κ2) is 8.12. The van der Waals surface area contributed by atoms with Gasteiger partial charge in [0.15, 0.2) is 0 Å². The van der Waals surface area contributed by atoms with Crippen LogP contribution in [0.25, 0.3) is 0 Å². The summed E-state index contributed by atoms with van der Waals surface area (Å²) in [7, 11) is 4.34. The molecule has 2 unspecified atom stereocenters. The zero-order valence-corrected chi connectivity index (χ0v) is 11.5. The minimum Gasteiger partial charge on any atom is -0.315 e. The maximum Gasteiger partial charge on any atom is 0.0237 e. The van der Waals surface area contributed by atoms with Crippen LogP contribution in [-0.2, 0) is 0 Å². The fraction of sp³-hybridized carbons (Fsp3) is 1.00. The molecule has 0 aromatic rings. The molecule has 0 aliphatic heterocycles. The van der Waals surface area contributed by atoms with Crippen molar-refractivity contribution in [3.05, 3.63) is 0 Å². The quantitative estimate of drug-likeness (QED) is 0.668. The Morgan fingerprint density at radius 1 is 1.07 bits per heavy atom. The second-order valence-electron chi connectivity index (χ2n) is 5.33. The van der Waals surface area contributed by atoms with E-state index in [0.717, 1.165) is 19.0 Å². The number of nitrogens with zero attached hydrogens (tertiary/aromatic N) is 1. The summed E-state index contributed by atoms with van der Waals surface area (Å²) in [5, 5.41) is 3.59. The van der Waals surface area contributed by atoms with Gasteiger partial charge in [0.1, 0.15) is 0 Å². The smallest absolute Gasteiger partial charge is 0.0237 e. The molecule has 0 aliphatic rings. The molecule has 0 saturated carbocycles. The lowest BCUT2D eigenvalue weighted by molar-refractivity contribution is 0.222. The van der Waals surface area contributed by atoms with Gasteiger partial charge in [0.2, 0.25) is 0 Å². The van der Waals surface area contributed by atoms with Gasteiger partial charge in [0, 0.05) is 12.6 Å². The largest absolute Gasteiger partial charge is 0.315 e. The first-order valence-electron chi connectivity index (χ1n) is 6.36. The Hall–Kier alpha value is -0.0800. The minimum atomic E-state index is 0.652. The van der Waals surface area contributed by atoms with Crippen molar-refractivity contribution < 1.29 is 0 Å². The fourth-order valence-corrected chi connectivity index (χ4v) is 2.09. The van der Waals surface area contributed by atoms with Crippen LogP contribution in [-0.4, -0.2) is 38.1 Å². The molecule has 0 saturated heterocycles. The molecule has 0 amide bonds. The normalized spacial score (nSPS) is 16.0. The van der Waals surface area contributed by atoms with Gasteiger partial charge in [-0.05, 0) is 38.9 Å². The van der Waals surface area contributed by atoms with E-state index in [9.17, 15) is 0 Å². The molecule has 0 spiro atoms. The highest BCUT2D eigenvalue weighted by molar-refractivity contribution is 4.73. The van der Waals surface area contributed by atoms with Gasteiger partial charge in [-0.1, -0.05) is 34.1 Å². The Morgan fingerprint density at radius 2 is 1.67 bits per heavy atom. The van der Waals surface area contributed by atoms with Crippen molar-refractivity contribution in [2.24, 2.45) is 11.8 Å². The number of rotatable bonds is 8. The number of hydrogen-bond donors (Lipinski definition) is 1. The van der Waals surface area contributed by atoms with Crippen LogP contribution in [0, 0.1) is 11.8 Å². The highest BCUT2D eigenvalue weighted by atomic mass is 15.1. The highest BCUT2D eigenvalue weighted by Crippen LogP contribution is 2.07. The lowest BCUT2D eigenvalue weighted by Gasteiger charge is -2.28. The van der Waals surface area contributed by atoms with Crippen LogP contribution in [0.1, 0.15) is 40.5 Å². The molecular weight excluding hydrogens is 184 g/mol. The van der Waals surface area contributed by atoms with Crippen molar-refractivity contribution >= 4 is 0 Å². The Labute approximate surface area is 96.4 Å². The minimum absolute atomic E-state index is 0.652. The average molecular weight is 214 g/mol. The molecule has 2 atom stereocenters. The van der Waals surface area contributed by atoms with E-state index in [1.54, 1.807) is 0 Å². The van der Waals surface area contributed by atoms with Crippen molar-refractivity contribution in [3.63, 3.8) is 0 Å². The van der Waals surface area contributed by atoms with Crippen molar-refractivity contribution in [2.45, 2.75) is 46.6 Å². The summed E-state index contributed by atoms with van der Waals surface area (Å²) >= 11 is 0. The molecule has 2 nitrogen and oxygen atoms in total. The summed E-state index contributed by atoms with van der Waals surface area (Å²) in [4.78, 5) is 2.32. The Balaban J connectivity index is 3.71. The lowest BCUT2D eigenvalue weighted by Crippen LogP contribution is -2.42. The lowest BCUT2D eigenvalue weighted by atomic mass is 10.0. The Kier molecular flexibility index (Phi) is 8.07. The number of nitrogens with one attached hydrogen (secondary N) is 1. The first-order chi connectivity index (χ1) is 6.99. The summed E-state index contributed by atoms with van der Waals surface area (Å²) in [5.74, 6) is 1.53. The first kappa shape index (κ1) is 14.9. The van der Waals surface area contributed by atoms with E-state index in [0.29, 0.717) is 12.0 Å². The molecule has 15 heavy (non-hydrogen) atoms. The summed E-state index contributed by atoms with van der Waals surface area (Å²) in [6.07, 6.45) is 2.63. The molecule has 2 heteroatoms. The van der Waals surface area contributed by atoms with Gasteiger partial charge in [-0.15, -0.1) is 0 Å². The zero-order valence-electron chi connectivity index (χ0n) is 11.5. The maximum absolute atomic E-state index is 3.59. The SMILES string of the molecule is CCCC(C)CNCC(C(C)C)N(C)C. The van der Waals surface area contributed by atoms with Gasteiger partial charge in [-0.2, -0.15) is 0 Å². The summed E-state index contributed by atoms with van der Waals surface area (Å²) < 4.78 is 0. The Morgan fingerprint density at radius 3 is 2.07 bits per heavy atom. The van der Waals surface area contributed by atoms with E-state index < -0.39 is 0 Å².